The molecule has 6 nitrogen and oxygen atoms in total. The van der Waals surface area contributed by atoms with Gasteiger partial charge in [-0.3, -0.25) is 9.59 Å². The maximum Gasteiger partial charge on any atom is 0.312 e. The molecule has 0 aliphatic carbocycles. The fraction of sp³-hybridized carbons (Fsp3) is 0.857. The molecule has 0 aromatic heterocycles. The molecule has 6 heteroatoms. The van der Waals surface area contributed by atoms with Crippen molar-refractivity contribution >= 4 is 11.9 Å². The molecule has 0 aromatic rings. The number of carbonyl (C=O) groups is 2. The topological polar surface area (TPSA) is 71.1 Å². The number of rotatable bonds is 10. The van der Waals surface area contributed by atoms with Crippen LogP contribution in [0, 0.1) is 11.8 Å². The van der Waals surface area contributed by atoms with Gasteiger partial charge in [0.25, 0.3) is 0 Å². The first-order valence-corrected chi connectivity index (χ1v) is 7.27. The number of esters is 2. The van der Waals surface area contributed by atoms with E-state index in [2.05, 4.69) is 0 Å². The van der Waals surface area contributed by atoms with E-state index in [1.165, 1.54) is 0 Å². The lowest BCUT2D eigenvalue weighted by Gasteiger charge is -2.26. The summed E-state index contributed by atoms with van der Waals surface area (Å²) in [4.78, 5) is 21.9. The van der Waals surface area contributed by atoms with Gasteiger partial charge in [0, 0.05) is 6.61 Å². The molecule has 3 unspecified atom stereocenters. The summed E-state index contributed by atoms with van der Waals surface area (Å²) in [7, 11) is 0. The van der Waals surface area contributed by atoms with Crippen LogP contribution in [0.25, 0.3) is 0 Å². The normalized spacial score (nSPS) is 26.2. The highest BCUT2D eigenvalue weighted by Crippen LogP contribution is 2.19. The summed E-state index contributed by atoms with van der Waals surface area (Å²) in [5, 5.41) is 0. The van der Waals surface area contributed by atoms with Crippen LogP contribution in [0.5, 0.6) is 0 Å². The Hall–Kier alpha value is -1.14. The highest BCUT2D eigenvalue weighted by atomic mass is 16.7. The van der Waals surface area contributed by atoms with Crippen molar-refractivity contribution in [2.75, 3.05) is 26.4 Å². The van der Waals surface area contributed by atoms with E-state index in [1.807, 2.05) is 6.92 Å². The van der Waals surface area contributed by atoms with Crippen LogP contribution in [0.1, 0.15) is 32.6 Å². The van der Waals surface area contributed by atoms with E-state index >= 15 is 0 Å². The smallest absolute Gasteiger partial charge is 0.312 e. The molecule has 0 aromatic carbocycles. The summed E-state index contributed by atoms with van der Waals surface area (Å²) in [6.07, 6.45) is 2.85. The summed E-state index contributed by atoms with van der Waals surface area (Å²) in [5.74, 6) is -0.169. The molecule has 20 heavy (non-hydrogen) atoms. The van der Waals surface area contributed by atoms with Crippen molar-refractivity contribution in [2.45, 2.75) is 38.9 Å². The second kappa shape index (κ2) is 7.59. The predicted octanol–water partition coefficient (Wildman–Crippen LogP) is 1.27. The Kier molecular flexibility index (Phi) is 5.79. The molecule has 2 heterocycles. The lowest BCUT2D eigenvalue weighted by atomic mass is 10.0. The average molecular weight is 286 g/mol. The van der Waals surface area contributed by atoms with Gasteiger partial charge in [-0.1, -0.05) is 6.92 Å². The molecule has 2 aliphatic rings. The van der Waals surface area contributed by atoms with Crippen molar-refractivity contribution in [1.29, 1.82) is 0 Å². The fourth-order valence-electron chi connectivity index (χ4n) is 2.11. The molecule has 2 rings (SSSR count). The van der Waals surface area contributed by atoms with Gasteiger partial charge in [0.05, 0.1) is 18.4 Å². The number of hydrogen-bond donors (Lipinski definition) is 0. The molecule has 2 aliphatic heterocycles. The van der Waals surface area contributed by atoms with Crippen molar-refractivity contribution in [3.63, 3.8) is 0 Å². The maximum atomic E-state index is 11.0. The minimum atomic E-state index is -0.237. The van der Waals surface area contributed by atoms with Gasteiger partial charge in [-0.15, -0.1) is 0 Å². The zero-order chi connectivity index (χ0) is 14.4. The van der Waals surface area contributed by atoms with E-state index in [0.717, 1.165) is 19.3 Å². The molecule has 2 saturated heterocycles. The van der Waals surface area contributed by atoms with Gasteiger partial charge in [0.15, 0.2) is 6.29 Å². The van der Waals surface area contributed by atoms with Gasteiger partial charge in [-0.05, 0) is 25.7 Å². The summed E-state index contributed by atoms with van der Waals surface area (Å²) < 4.78 is 20.6. The monoisotopic (exact) mass is 286 g/mol. The van der Waals surface area contributed by atoms with Gasteiger partial charge >= 0.3 is 11.9 Å². The van der Waals surface area contributed by atoms with Crippen LogP contribution in [-0.4, -0.2) is 44.7 Å². The van der Waals surface area contributed by atoms with E-state index in [4.69, 9.17) is 18.9 Å². The van der Waals surface area contributed by atoms with Gasteiger partial charge < -0.3 is 18.9 Å². The minimum Gasteiger partial charge on any atom is -0.464 e. The maximum absolute atomic E-state index is 11.0. The molecular formula is C14H22O6. The van der Waals surface area contributed by atoms with Crippen LogP contribution in [-0.2, 0) is 28.5 Å². The van der Waals surface area contributed by atoms with Crippen LogP contribution in [0.2, 0.25) is 0 Å². The predicted molar refractivity (Wildman–Crippen MR) is 68.7 cm³/mol. The molecule has 0 bridgehead atoms. The van der Waals surface area contributed by atoms with Crippen molar-refractivity contribution in [2.24, 2.45) is 11.8 Å². The Bertz CT molecular complexity index is 343. The number of ether oxygens (including phenoxy) is 4. The molecule has 0 N–H and O–H groups in total. The van der Waals surface area contributed by atoms with Crippen molar-refractivity contribution in [3.05, 3.63) is 0 Å². The Balaban J connectivity index is 1.48. The number of carbonyl (C=O) groups excluding carboxylic acids is 2. The summed E-state index contributed by atoms with van der Waals surface area (Å²) >= 11 is 0. The molecule has 0 saturated carbocycles. The van der Waals surface area contributed by atoms with Gasteiger partial charge in [0.1, 0.15) is 13.2 Å². The van der Waals surface area contributed by atoms with Crippen molar-refractivity contribution in [1.82, 2.24) is 0 Å². The molecule has 3 atom stereocenters. The molecular weight excluding hydrogens is 264 g/mol. The average Bonchev–Trinajstić information content (AvgIpc) is 2.45. The first-order chi connectivity index (χ1) is 9.70. The Morgan fingerprint density at radius 3 is 2.15 bits per heavy atom. The number of hydrogen-bond acceptors (Lipinski definition) is 6. The van der Waals surface area contributed by atoms with Gasteiger partial charge in [-0.25, -0.2) is 0 Å². The van der Waals surface area contributed by atoms with Gasteiger partial charge in [0.2, 0.25) is 0 Å². The SMILES string of the molecule is CCC(OCCCC1COC1=O)OCCC1COC1=O. The molecule has 0 spiro atoms. The summed E-state index contributed by atoms with van der Waals surface area (Å²) in [6.45, 7) is 4.13. The van der Waals surface area contributed by atoms with Crippen molar-refractivity contribution < 1.29 is 28.5 Å². The van der Waals surface area contributed by atoms with Crippen LogP contribution in [0.15, 0.2) is 0 Å². The molecule has 114 valence electrons. The number of cyclic esters (lactones) is 2. The van der Waals surface area contributed by atoms with E-state index in [-0.39, 0.29) is 30.1 Å². The Morgan fingerprint density at radius 2 is 1.65 bits per heavy atom. The molecule has 2 fully saturated rings. The summed E-state index contributed by atoms with van der Waals surface area (Å²) in [6, 6.07) is 0. The largest absolute Gasteiger partial charge is 0.464 e. The second-order valence-electron chi connectivity index (χ2n) is 5.16. The van der Waals surface area contributed by atoms with E-state index in [0.29, 0.717) is 32.8 Å². The molecule has 0 radical (unpaired) electrons. The van der Waals surface area contributed by atoms with Crippen LogP contribution < -0.4 is 0 Å². The quantitative estimate of drug-likeness (QED) is 0.342. The summed E-state index contributed by atoms with van der Waals surface area (Å²) in [5.41, 5.74) is 0. The first kappa shape index (κ1) is 15.3. The highest BCUT2D eigenvalue weighted by molar-refractivity contribution is 5.77. The lowest BCUT2D eigenvalue weighted by molar-refractivity contribution is -0.177. The van der Waals surface area contributed by atoms with E-state index in [1.54, 1.807) is 0 Å². The van der Waals surface area contributed by atoms with Crippen LogP contribution in [0.3, 0.4) is 0 Å². The standard InChI is InChI=1S/C14H22O6/c1-2-12(18-7-5-11-9-20-14(11)16)17-6-3-4-10-8-19-13(10)15/h10-12H,2-9H2,1H3. The Morgan fingerprint density at radius 1 is 1.05 bits per heavy atom. The van der Waals surface area contributed by atoms with E-state index < -0.39 is 0 Å². The third kappa shape index (κ3) is 4.18. The zero-order valence-electron chi connectivity index (χ0n) is 11.8. The van der Waals surface area contributed by atoms with E-state index in [9.17, 15) is 9.59 Å². The van der Waals surface area contributed by atoms with Crippen LogP contribution >= 0.6 is 0 Å². The zero-order valence-corrected chi connectivity index (χ0v) is 11.8. The fourth-order valence-corrected chi connectivity index (χ4v) is 2.11. The van der Waals surface area contributed by atoms with Gasteiger partial charge in [-0.2, -0.15) is 0 Å². The third-order valence-corrected chi connectivity index (χ3v) is 3.62. The Labute approximate surface area is 118 Å². The lowest BCUT2D eigenvalue weighted by Crippen LogP contribution is -2.35. The highest BCUT2D eigenvalue weighted by Gasteiger charge is 2.31. The third-order valence-electron chi connectivity index (χ3n) is 3.62. The van der Waals surface area contributed by atoms with Crippen LogP contribution in [0.4, 0.5) is 0 Å². The van der Waals surface area contributed by atoms with Crippen molar-refractivity contribution in [3.8, 4) is 0 Å². The minimum absolute atomic E-state index is 0.00265. The molecule has 0 amide bonds. The second-order valence-corrected chi connectivity index (χ2v) is 5.16. The first-order valence-electron chi connectivity index (χ1n) is 7.27.